The van der Waals surface area contributed by atoms with Crippen LogP contribution in [0.4, 0.5) is 0 Å². The molecule has 3 nitrogen and oxygen atoms in total. The van der Waals surface area contributed by atoms with Crippen LogP contribution in [-0.4, -0.2) is 42.8 Å². The maximum Gasteiger partial charge on any atom is 0.0513 e. The molecule has 1 saturated carbocycles. The van der Waals surface area contributed by atoms with Crippen LogP contribution in [0.25, 0.3) is 0 Å². The van der Waals surface area contributed by atoms with E-state index in [1.54, 1.807) is 0 Å². The smallest absolute Gasteiger partial charge is 0.0513 e. The van der Waals surface area contributed by atoms with Crippen LogP contribution in [-0.2, 0) is 4.74 Å². The number of likely N-dealkylation sites (N-methyl/N-ethyl adjacent to an activating group) is 1. The van der Waals surface area contributed by atoms with Crippen LogP contribution in [0.15, 0.2) is 0 Å². The van der Waals surface area contributed by atoms with Crippen molar-refractivity contribution in [2.24, 2.45) is 11.7 Å². The second kappa shape index (κ2) is 4.40. The minimum Gasteiger partial charge on any atom is -0.381 e. The van der Waals surface area contributed by atoms with E-state index < -0.39 is 0 Å². The normalized spacial score (nSPS) is 30.8. The zero-order chi connectivity index (χ0) is 10.9. The molecule has 1 heterocycles. The predicted octanol–water partition coefficient (Wildman–Crippen LogP) is 1.22. The molecule has 2 aliphatic rings. The standard InChI is InChI=1S/C12H24N2O/c1-3-14(11-4-5-11)12(2,9-13)10-6-7-15-8-10/h10-11H,3-9,13H2,1-2H3. The third kappa shape index (κ3) is 2.05. The fraction of sp³-hybridized carbons (Fsp3) is 1.00. The molecule has 1 aliphatic carbocycles. The highest BCUT2D eigenvalue weighted by molar-refractivity contribution is 5.00. The second-order valence-corrected chi connectivity index (χ2v) is 5.14. The summed E-state index contributed by atoms with van der Waals surface area (Å²) in [7, 11) is 0. The maximum absolute atomic E-state index is 6.03. The first kappa shape index (κ1) is 11.4. The zero-order valence-electron chi connectivity index (χ0n) is 10.0. The van der Waals surface area contributed by atoms with E-state index >= 15 is 0 Å². The van der Waals surface area contributed by atoms with Crippen LogP contribution in [0.3, 0.4) is 0 Å². The number of nitrogens with two attached hydrogens (primary N) is 1. The molecule has 2 atom stereocenters. The van der Waals surface area contributed by atoms with E-state index in [-0.39, 0.29) is 5.54 Å². The molecule has 15 heavy (non-hydrogen) atoms. The largest absolute Gasteiger partial charge is 0.381 e. The Hall–Kier alpha value is -0.120. The maximum atomic E-state index is 6.03. The Kier molecular flexibility index (Phi) is 3.33. The lowest BCUT2D eigenvalue weighted by Gasteiger charge is -2.44. The van der Waals surface area contributed by atoms with E-state index in [0.717, 1.165) is 32.3 Å². The SMILES string of the molecule is CCN(C1CC1)C(C)(CN)C1CCOC1. The molecule has 3 heteroatoms. The van der Waals surface area contributed by atoms with Gasteiger partial charge in [-0.3, -0.25) is 4.90 Å². The summed E-state index contributed by atoms with van der Waals surface area (Å²) in [5.74, 6) is 0.628. The van der Waals surface area contributed by atoms with Crippen molar-refractivity contribution in [1.82, 2.24) is 4.90 Å². The van der Waals surface area contributed by atoms with Crippen LogP contribution in [0, 0.1) is 5.92 Å². The van der Waals surface area contributed by atoms with Crippen molar-refractivity contribution in [1.29, 1.82) is 0 Å². The summed E-state index contributed by atoms with van der Waals surface area (Å²) < 4.78 is 5.52. The van der Waals surface area contributed by atoms with Gasteiger partial charge >= 0.3 is 0 Å². The van der Waals surface area contributed by atoms with Crippen LogP contribution >= 0.6 is 0 Å². The summed E-state index contributed by atoms with van der Waals surface area (Å²) in [6.45, 7) is 8.27. The van der Waals surface area contributed by atoms with Gasteiger partial charge in [-0.05, 0) is 32.7 Å². The zero-order valence-corrected chi connectivity index (χ0v) is 10.0. The van der Waals surface area contributed by atoms with Gasteiger partial charge in [-0.15, -0.1) is 0 Å². The first-order valence-electron chi connectivity index (χ1n) is 6.27. The molecular formula is C12H24N2O. The van der Waals surface area contributed by atoms with Gasteiger partial charge in [0, 0.05) is 30.7 Å². The quantitative estimate of drug-likeness (QED) is 0.745. The van der Waals surface area contributed by atoms with E-state index in [4.69, 9.17) is 10.5 Å². The van der Waals surface area contributed by atoms with Gasteiger partial charge in [0.05, 0.1) is 6.61 Å². The van der Waals surface area contributed by atoms with Crippen LogP contribution in [0.5, 0.6) is 0 Å². The molecule has 2 rings (SSSR count). The highest BCUT2D eigenvalue weighted by Gasteiger charge is 2.45. The first-order valence-corrected chi connectivity index (χ1v) is 6.27. The van der Waals surface area contributed by atoms with E-state index in [9.17, 15) is 0 Å². The Morgan fingerprint density at radius 1 is 1.40 bits per heavy atom. The third-order valence-electron chi connectivity index (χ3n) is 4.21. The fourth-order valence-electron chi connectivity index (χ4n) is 2.97. The summed E-state index contributed by atoms with van der Waals surface area (Å²) in [5, 5.41) is 0. The van der Waals surface area contributed by atoms with Gasteiger partial charge in [0.15, 0.2) is 0 Å². The molecule has 0 aromatic heterocycles. The molecule has 0 radical (unpaired) electrons. The second-order valence-electron chi connectivity index (χ2n) is 5.14. The van der Waals surface area contributed by atoms with Crippen LogP contribution in [0.1, 0.15) is 33.1 Å². The van der Waals surface area contributed by atoms with Crippen molar-refractivity contribution >= 4 is 0 Å². The topological polar surface area (TPSA) is 38.5 Å². The van der Waals surface area contributed by atoms with E-state index in [1.165, 1.54) is 19.3 Å². The van der Waals surface area contributed by atoms with E-state index in [0.29, 0.717) is 5.92 Å². The molecule has 2 unspecified atom stereocenters. The summed E-state index contributed by atoms with van der Waals surface area (Å²) in [6.07, 6.45) is 3.89. The Bertz CT molecular complexity index is 212. The monoisotopic (exact) mass is 212 g/mol. The Labute approximate surface area is 93.0 Å². The molecule has 1 aliphatic heterocycles. The Morgan fingerprint density at radius 2 is 2.13 bits per heavy atom. The van der Waals surface area contributed by atoms with Gasteiger partial charge in [-0.25, -0.2) is 0 Å². The van der Waals surface area contributed by atoms with Gasteiger partial charge in [-0.2, -0.15) is 0 Å². The fourth-order valence-corrected chi connectivity index (χ4v) is 2.97. The number of rotatable bonds is 5. The summed E-state index contributed by atoms with van der Waals surface area (Å²) in [5.41, 5.74) is 6.19. The summed E-state index contributed by atoms with van der Waals surface area (Å²) in [6, 6.07) is 0.796. The first-order chi connectivity index (χ1) is 7.22. The molecule has 2 N–H and O–H groups in total. The van der Waals surface area contributed by atoms with E-state index in [2.05, 4.69) is 18.7 Å². The average Bonchev–Trinajstić information content (AvgIpc) is 2.92. The third-order valence-corrected chi connectivity index (χ3v) is 4.21. The highest BCUT2D eigenvalue weighted by Crippen LogP contribution is 2.38. The van der Waals surface area contributed by atoms with Gasteiger partial charge in [0.1, 0.15) is 0 Å². The molecule has 0 aromatic rings. The Morgan fingerprint density at radius 3 is 2.53 bits per heavy atom. The van der Waals surface area contributed by atoms with Crippen molar-refractivity contribution in [3.63, 3.8) is 0 Å². The molecule has 0 bridgehead atoms. The summed E-state index contributed by atoms with van der Waals surface area (Å²) in [4.78, 5) is 2.62. The van der Waals surface area contributed by atoms with Crippen molar-refractivity contribution in [2.75, 3.05) is 26.3 Å². The van der Waals surface area contributed by atoms with Crippen LogP contribution < -0.4 is 5.73 Å². The molecule has 0 aromatic carbocycles. The lowest BCUT2D eigenvalue weighted by Crippen LogP contribution is -2.57. The molecule has 2 fully saturated rings. The predicted molar refractivity (Wildman–Crippen MR) is 61.8 cm³/mol. The number of hydrogen-bond acceptors (Lipinski definition) is 3. The molecule has 1 saturated heterocycles. The molecule has 88 valence electrons. The lowest BCUT2D eigenvalue weighted by molar-refractivity contribution is 0.0426. The van der Waals surface area contributed by atoms with E-state index in [1.807, 2.05) is 0 Å². The average molecular weight is 212 g/mol. The van der Waals surface area contributed by atoms with Crippen molar-refractivity contribution in [2.45, 2.75) is 44.7 Å². The number of nitrogens with zero attached hydrogens (tertiary/aromatic N) is 1. The minimum absolute atomic E-state index is 0.159. The highest BCUT2D eigenvalue weighted by atomic mass is 16.5. The molecular weight excluding hydrogens is 188 g/mol. The van der Waals surface area contributed by atoms with Gasteiger partial charge in [-0.1, -0.05) is 6.92 Å². The lowest BCUT2D eigenvalue weighted by atomic mass is 9.83. The van der Waals surface area contributed by atoms with Gasteiger partial charge < -0.3 is 10.5 Å². The van der Waals surface area contributed by atoms with Gasteiger partial charge in [0.2, 0.25) is 0 Å². The van der Waals surface area contributed by atoms with Crippen molar-refractivity contribution in [3.05, 3.63) is 0 Å². The van der Waals surface area contributed by atoms with Crippen molar-refractivity contribution < 1.29 is 4.74 Å². The summed E-state index contributed by atoms with van der Waals surface area (Å²) >= 11 is 0. The number of ether oxygens (including phenoxy) is 1. The molecule has 0 amide bonds. The van der Waals surface area contributed by atoms with Crippen LogP contribution in [0.2, 0.25) is 0 Å². The number of hydrogen-bond donors (Lipinski definition) is 1. The molecule has 0 spiro atoms. The van der Waals surface area contributed by atoms with Crippen molar-refractivity contribution in [3.8, 4) is 0 Å². The Balaban J connectivity index is 2.09. The minimum atomic E-state index is 0.159. The van der Waals surface area contributed by atoms with Gasteiger partial charge in [0.25, 0.3) is 0 Å².